The number of nitrogens with zero attached hydrogens (tertiary/aromatic N) is 3. The Kier molecular flexibility index (Phi) is 8.58. The summed E-state index contributed by atoms with van der Waals surface area (Å²) in [5.74, 6) is -0.0530. The van der Waals surface area contributed by atoms with Crippen molar-refractivity contribution in [1.82, 2.24) is 15.1 Å². The van der Waals surface area contributed by atoms with Gasteiger partial charge in [0.15, 0.2) is 0 Å². The largest absolute Gasteiger partial charge is 0.358 e. The highest BCUT2D eigenvalue weighted by Gasteiger charge is 2.12. The van der Waals surface area contributed by atoms with E-state index in [-0.39, 0.29) is 11.8 Å². The summed E-state index contributed by atoms with van der Waals surface area (Å²) in [6.07, 6.45) is 0.713. The molecular weight excluding hydrogens is 232 g/mol. The zero-order valence-corrected chi connectivity index (χ0v) is 11.4. The van der Waals surface area contributed by atoms with Gasteiger partial charge in [0.2, 0.25) is 11.8 Å². The number of amides is 2. The van der Waals surface area contributed by atoms with Crippen LogP contribution in [0, 0.1) is 11.3 Å². The highest BCUT2D eigenvalue weighted by Crippen LogP contribution is 1.97. The van der Waals surface area contributed by atoms with E-state index < -0.39 is 0 Å². The number of nitrogens with one attached hydrogen (secondary N) is 1. The molecule has 0 aliphatic rings. The lowest BCUT2D eigenvalue weighted by Gasteiger charge is -2.21. The van der Waals surface area contributed by atoms with E-state index in [9.17, 15) is 9.59 Å². The van der Waals surface area contributed by atoms with Gasteiger partial charge in [-0.05, 0) is 6.54 Å². The van der Waals surface area contributed by atoms with Gasteiger partial charge in [-0.2, -0.15) is 5.26 Å². The van der Waals surface area contributed by atoms with E-state index in [1.165, 1.54) is 0 Å². The van der Waals surface area contributed by atoms with E-state index in [2.05, 4.69) is 5.32 Å². The van der Waals surface area contributed by atoms with Gasteiger partial charge in [-0.1, -0.05) is 6.92 Å². The van der Waals surface area contributed by atoms with E-state index in [0.29, 0.717) is 32.5 Å². The third-order valence-corrected chi connectivity index (χ3v) is 2.72. The minimum absolute atomic E-state index is 0.000562. The van der Waals surface area contributed by atoms with E-state index in [1.54, 1.807) is 19.0 Å². The molecule has 0 heterocycles. The van der Waals surface area contributed by atoms with Gasteiger partial charge in [-0.25, -0.2) is 0 Å². The van der Waals surface area contributed by atoms with Crippen LogP contribution < -0.4 is 5.32 Å². The maximum atomic E-state index is 11.7. The molecule has 102 valence electrons. The Bertz CT molecular complexity index is 312. The molecule has 1 N–H and O–H groups in total. The van der Waals surface area contributed by atoms with Gasteiger partial charge in [0, 0.05) is 33.6 Å². The zero-order valence-electron chi connectivity index (χ0n) is 11.4. The van der Waals surface area contributed by atoms with E-state index in [4.69, 9.17) is 5.26 Å². The molecular formula is C12H22N4O2. The van der Waals surface area contributed by atoms with Crippen molar-refractivity contribution in [2.45, 2.75) is 19.8 Å². The third kappa shape index (κ3) is 6.86. The summed E-state index contributed by atoms with van der Waals surface area (Å²) in [4.78, 5) is 26.4. The van der Waals surface area contributed by atoms with Crippen LogP contribution in [0.3, 0.4) is 0 Å². The van der Waals surface area contributed by atoms with Gasteiger partial charge in [-0.15, -0.1) is 0 Å². The lowest BCUT2D eigenvalue weighted by atomic mass is 10.3. The Labute approximate surface area is 109 Å². The normalized spacial score (nSPS) is 9.94. The van der Waals surface area contributed by atoms with Crippen molar-refractivity contribution in [2.24, 2.45) is 0 Å². The van der Waals surface area contributed by atoms with Gasteiger partial charge in [-0.3, -0.25) is 14.5 Å². The Morgan fingerprint density at radius 1 is 1.33 bits per heavy atom. The van der Waals surface area contributed by atoms with E-state index in [1.807, 2.05) is 17.9 Å². The van der Waals surface area contributed by atoms with Crippen molar-refractivity contribution >= 4 is 11.8 Å². The molecule has 0 radical (unpaired) electrons. The number of hydrogen-bond acceptors (Lipinski definition) is 4. The summed E-state index contributed by atoms with van der Waals surface area (Å²) in [6.45, 7) is 3.99. The summed E-state index contributed by atoms with van der Waals surface area (Å²) in [7, 11) is 3.28. The van der Waals surface area contributed by atoms with Crippen LogP contribution >= 0.6 is 0 Å². The average Bonchev–Trinajstić information content (AvgIpc) is 2.39. The predicted molar refractivity (Wildman–Crippen MR) is 68.7 cm³/mol. The second-order valence-electron chi connectivity index (χ2n) is 4.02. The number of rotatable bonds is 8. The Morgan fingerprint density at radius 3 is 2.50 bits per heavy atom. The maximum absolute atomic E-state index is 11.7. The first kappa shape index (κ1) is 16.4. The predicted octanol–water partition coefficient (Wildman–Crippen LogP) is -0.184. The highest BCUT2D eigenvalue weighted by molar-refractivity contribution is 5.78. The van der Waals surface area contributed by atoms with Gasteiger partial charge >= 0.3 is 0 Å². The van der Waals surface area contributed by atoms with Gasteiger partial charge in [0.1, 0.15) is 0 Å². The van der Waals surface area contributed by atoms with Crippen molar-refractivity contribution in [3.8, 4) is 6.07 Å². The maximum Gasteiger partial charge on any atom is 0.233 e. The van der Waals surface area contributed by atoms with Crippen molar-refractivity contribution in [1.29, 1.82) is 5.26 Å². The van der Waals surface area contributed by atoms with Crippen molar-refractivity contribution in [3.63, 3.8) is 0 Å². The van der Waals surface area contributed by atoms with Crippen LogP contribution in [0.1, 0.15) is 19.8 Å². The molecule has 0 spiro atoms. The fourth-order valence-corrected chi connectivity index (χ4v) is 1.42. The second-order valence-corrected chi connectivity index (χ2v) is 4.02. The van der Waals surface area contributed by atoms with E-state index in [0.717, 1.165) is 6.54 Å². The van der Waals surface area contributed by atoms with Gasteiger partial charge in [0.25, 0.3) is 0 Å². The highest BCUT2D eigenvalue weighted by atomic mass is 16.2. The van der Waals surface area contributed by atoms with E-state index >= 15 is 0 Å². The fraction of sp³-hybridized carbons (Fsp3) is 0.750. The SMILES string of the molecule is CCN(CCC(=O)N(C)CCC#N)CC(=O)NC. The first-order chi connectivity index (χ1) is 8.54. The molecule has 0 saturated carbocycles. The topological polar surface area (TPSA) is 76.4 Å². The number of hydrogen-bond donors (Lipinski definition) is 1. The molecule has 6 heteroatoms. The monoisotopic (exact) mass is 254 g/mol. The van der Waals surface area contributed by atoms with Crippen LogP contribution in [0.5, 0.6) is 0 Å². The molecule has 0 aromatic carbocycles. The summed E-state index contributed by atoms with van der Waals surface area (Å²) >= 11 is 0. The Hall–Kier alpha value is -1.61. The molecule has 18 heavy (non-hydrogen) atoms. The van der Waals surface area contributed by atoms with Crippen LogP contribution in [-0.2, 0) is 9.59 Å². The summed E-state index contributed by atoms with van der Waals surface area (Å²) in [6, 6.07) is 2.01. The average molecular weight is 254 g/mol. The number of likely N-dealkylation sites (N-methyl/N-ethyl adjacent to an activating group) is 2. The lowest BCUT2D eigenvalue weighted by molar-refractivity contribution is -0.130. The minimum Gasteiger partial charge on any atom is -0.358 e. The first-order valence-corrected chi connectivity index (χ1v) is 6.09. The smallest absolute Gasteiger partial charge is 0.233 e. The van der Waals surface area contributed by atoms with Crippen molar-refractivity contribution < 1.29 is 9.59 Å². The Balaban J connectivity index is 4.01. The molecule has 0 atom stereocenters. The standard InChI is InChI=1S/C12H22N4O2/c1-4-16(10-11(17)14-2)9-6-12(18)15(3)8-5-7-13/h4-6,8-10H2,1-3H3,(H,14,17). The molecule has 0 saturated heterocycles. The number of carbonyl (C=O) groups is 2. The van der Waals surface area contributed by atoms with Crippen molar-refractivity contribution in [3.05, 3.63) is 0 Å². The minimum atomic E-state index is -0.0536. The first-order valence-electron chi connectivity index (χ1n) is 6.09. The molecule has 2 amide bonds. The molecule has 0 unspecified atom stereocenters. The van der Waals surface area contributed by atoms with Crippen LogP contribution in [0.4, 0.5) is 0 Å². The summed E-state index contributed by atoms with van der Waals surface area (Å²) < 4.78 is 0. The quantitative estimate of drug-likeness (QED) is 0.651. The summed E-state index contributed by atoms with van der Waals surface area (Å²) in [5.41, 5.74) is 0. The van der Waals surface area contributed by atoms with Crippen LogP contribution in [0.25, 0.3) is 0 Å². The zero-order chi connectivity index (χ0) is 14.0. The molecule has 0 aromatic rings. The van der Waals surface area contributed by atoms with Gasteiger partial charge in [0.05, 0.1) is 19.0 Å². The second kappa shape index (κ2) is 9.42. The third-order valence-electron chi connectivity index (χ3n) is 2.72. The molecule has 0 aromatic heterocycles. The molecule has 6 nitrogen and oxygen atoms in total. The van der Waals surface area contributed by atoms with Crippen LogP contribution in [0.2, 0.25) is 0 Å². The number of nitriles is 1. The molecule has 0 bridgehead atoms. The molecule has 0 aliphatic heterocycles. The molecule has 0 rings (SSSR count). The lowest BCUT2D eigenvalue weighted by Crippen LogP contribution is -2.38. The number of carbonyl (C=O) groups excluding carboxylic acids is 2. The van der Waals surface area contributed by atoms with Gasteiger partial charge < -0.3 is 10.2 Å². The molecule has 0 fully saturated rings. The van der Waals surface area contributed by atoms with Crippen LogP contribution in [-0.4, -0.2) is 61.9 Å². The Morgan fingerprint density at radius 2 is 2.00 bits per heavy atom. The van der Waals surface area contributed by atoms with Crippen LogP contribution in [0.15, 0.2) is 0 Å². The van der Waals surface area contributed by atoms with Crippen molar-refractivity contribution in [2.75, 3.05) is 40.3 Å². The molecule has 0 aliphatic carbocycles. The summed E-state index contributed by atoms with van der Waals surface area (Å²) in [5, 5.41) is 11.0. The fourth-order valence-electron chi connectivity index (χ4n) is 1.42.